The van der Waals surface area contributed by atoms with Gasteiger partial charge in [-0.3, -0.25) is 0 Å². The van der Waals surface area contributed by atoms with Crippen molar-refractivity contribution >= 4 is 27.5 Å². The van der Waals surface area contributed by atoms with Crippen molar-refractivity contribution in [3.05, 3.63) is 70.2 Å². The minimum atomic E-state index is 0.335. The molecule has 0 radical (unpaired) electrons. The van der Waals surface area contributed by atoms with Crippen molar-refractivity contribution in [3.8, 4) is 0 Å². The Kier molecular flexibility index (Phi) is 4.25. The van der Waals surface area contributed by atoms with Gasteiger partial charge in [0.1, 0.15) is 0 Å². The van der Waals surface area contributed by atoms with Gasteiger partial charge in [-0.25, -0.2) is 0 Å². The second kappa shape index (κ2) is 5.70. The van der Waals surface area contributed by atoms with Crippen LogP contribution in [0.5, 0.6) is 0 Å². The molecule has 0 aromatic heterocycles. The molecule has 0 aliphatic heterocycles. The first kappa shape index (κ1) is 12.7. The highest BCUT2D eigenvalue weighted by Gasteiger charge is 2.08. The van der Waals surface area contributed by atoms with E-state index in [1.54, 1.807) is 0 Å². The van der Waals surface area contributed by atoms with Gasteiger partial charge in [0.05, 0.1) is 0 Å². The van der Waals surface area contributed by atoms with Crippen LogP contribution in [0.4, 0.5) is 0 Å². The lowest BCUT2D eigenvalue weighted by atomic mass is 10.0. The number of halogens is 2. The lowest BCUT2D eigenvalue weighted by Gasteiger charge is -2.11. The van der Waals surface area contributed by atoms with Crippen LogP contribution in [0.2, 0.25) is 5.02 Å². The van der Waals surface area contributed by atoms with Crippen LogP contribution in [0.1, 0.15) is 21.5 Å². The summed E-state index contributed by atoms with van der Waals surface area (Å²) in [5, 5.41) is 0.781. The molecule has 0 bridgehead atoms. The molecule has 2 rings (SSSR count). The van der Waals surface area contributed by atoms with E-state index in [4.69, 9.17) is 11.6 Å². The lowest BCUT2D eigenvalue weighted by Crippen LogP contribution is -1.95. The van der Waals surface area contributed by atoms with Crippen LogP contribution < -0.4 is 0 Å². The van der Waals surface area contributed by atoms with E-state index in [1.165, 1.54) is 16.7 Å². The average molecular weight is 310 g/mol. The molecule has 88 valence electrons. The summed E-state index contributed by atoms with van der Waals surface area (Å²) in [6.45, 7) is 2.12. The highest BCUT2D eigenvalue weighted by Crippen LogP contribution is 2.28. The van der Waals surface area contributed by atoms with Crippen molar-refractivity contribution in [1.82, 2.24) is 0 Å². The summed E-state index contributed by atoms with van der Waals surface area (Å²) in [5.74, 6) is 0. The molecule has 0 saturated carbocycles. The number of alkyl halides is 1. The second-order valence-corrected chi connectivity index (χ2v) is 5.75. The third-order valence-electron chi connectivity index (χ3n) is 2.73. The highest BCUT2D eigenvalue weighted by atomic mass is 79.9. The summed E-state index contributed by atoms with van der Waals surface area (Å²) >= 11 is 9.61. The first-order valence-corrected chi connectivity index (χ1v) is 6.89. The topological polar surface area (TPSA) is 0 Å². The maximum atomic E-state index is 5.88. The Morgan fingerprint density at radius 3 is 2.47 bits per heavy atom. The minimum Gasteiger partial charge on any atom is -0.0843 e. The molecule has 1 unspecified atom stereocenters. The molecule has 0 N–H and O–H groups in total. The molecule has 0 amide bonds. The lowest BCUT2D eigenvalue weighted by molar-refractivity contribution is 0.947. The van der Waals surface area contributed by atoms with Crippen molar-refractivity contribution in [1.29, 1.82) is 0 Å². The largest absolute Gasteiger partial charge is 0.0843 e. The van der Waals surface area contributed by atoms with Crippen molar-refractivity contribution < 1.29 is 0 Å². The van der Waals surface area contributed by atoms with E-state index in [0.717, 1.165) is 11.4 Å². The maximum Gasteiger partial charge on any atom is 0.0435 e. The van der Waals surface area contributed by atoms with E-state index >= 15 is 0 Å². The first-order chi connectivity index (χ1) is 8.15. The van der Waals surface area contributed by atoms with Crippen molar-refractivity contribution in [3.63, 3.8) is 0 Å². The predicted octanol–water partition coefficient (Wildman–Crippen LogP) is 5.33. The van der Waals surface area contributed by atoms with Gasteiger partial charge in [-0.05, 0) is 36.6 Å². The molecule has 17 heavy (non-hydrogen) atoms. The van der Waals surface area contributed by atoms with E-state index in [9.17, 15) is 0 Å². The van der Waals surface area contributed by atoms with E-state index in [2.05, 4.69) is 59.3 Å². The molecular weight excluding hydrogens is 296 g/mol. The van der Waals surface area contributed by atoms with Crippen LogP contribution in [0.25, 0.3) is 0 Å². The van der Waals surface area contributed by atoms with Gasteiger partial charge >= 0.3 is 0 Å². The Labute approximate surface area is 116 Å². The molecule has 0 saturated heterocycles. The van der Waals surface area contributed by atoms with Crippen molar-refractivity contribution in [2.75, 3.05) is 0 Å². The fourth-order valence-corrected chi connectivity index (χ4v) is 2.64. The molecule has 0 spiro atoms. The van der Waals surface area contributed by atoms with Gasteiger partial charge in [-0.15, -0.1) is 0 Å². The zero-order valence-corrected chi connectivity index (χ0v) is 12.0. The zero-order valence-electron chi connectivity index (χ0n) is 9.66. The normalized spacial score (nSPS) is 12.4. The van der Waals surface area contributed by atoms with Crippen LogP contribution in [-0.4, -0.2) is 0 Å². The number of hydrogen-bond acceptors (Lipinski definition) is 0. The fourth-order valence-electron chi connectivity index (χ4n) is 1.84. The average Bonchev–Trinajstić information content (AvgIpc) is 2.29. The van der Waals surface area contributed by atoms with Gasteiger partial charge in [0.2, 0.25) is 0 Å². The summed E-state index contributed by atoms with van der Waals surface area (Å²) < 4.78 is 0. The molecule has 1 atom stereocenters. The molecule has 2 aromatic carbocycles. The van der Waals surface area contributed by atoms with Crippen LogP contribution in [0.3, 0.4) is 0 Å². The monoisotopic (exact) mass is 308 g/mol. The van der Waals surface area contributed by atoms with Crippen LogP contribution in [0, 0.1) is 6.92 Å². The summed E-state index contributed by atoms with van der Waals surface area (Å²) in [5.41, 5.74) is 3.91. The minimum absolute atomic E-state index is 0.335. The highest BCUT2D eigenvalue weighted by molar-refractivity contribution is 9.09. The van der Waals surface area contributed by atoms with Crippen LogP contribution in [0.15, 0.2) is 48.5 Å². The molecule has 0 nitrogen and oxygen atoms in total. The number of rotatable bonds is 3. The van der Waals surface area contributed by atoms with Gasteiger partial charge in [-0.2, -0.15) is 0 Å². The Hall–Kier alpha value is -0.790. The molecule has 0 heterocycles. The molecule has 0 aliphatic rings. The smallest absolute Gasteiger partial charge is 0.0435 e. The SMILES string of the molecule is Cc1cccc(CC(Br)c2ccc(Cl)cc2)c1. The van der Waals surface area contributed by atoms with Gasteiger partial charge in [0.15, 0.2) is 0 Å². The second-order valence-electron chi connectivity index (χ2n) is 4.21. The first-order valence-electron chi connectivity index (χ1n) is 5.60. The summed E-state index contributed by atoms with van der Waals surface area (Å²) in [6.07, 6.45) is 0.989. The predicted molar refractivity (Wildman–Crippen MR) is 78.0 cm³/mol. The third kappa shape index (κ3) is 3.58. The zero-order chi connectivity index (χ0) is 12.3. The van der Waals surface area contributed by atoms with Gasteiger partial charge in [0.25, 0.3) is 0 Å². The number of hydrogen-bond donors (Lipinski definition) is 0. The molecular formula is C15H14BrCl. The van der Waals surface area contributed by atoms with Gasteiger partial charge < -0.3 is 0 Å². The number of benzene rings is 2. The van der Waals surface area contributed by atoms with Gasteiger partial charge in [-0.1, -0.05) is 69.5 Å². The van der Waals surface area contributed by atoms with Crippen LogP contribution >= 0.6 is 27.5 Å². The molecule has 2 heteroatoms. The van der Waals surface area contributed by atoms with Crippen molar-refractivity contribution in [2.45, 2.75) is 18.2 Å². The summed E-state index contributed by atoms with van der Waals surface area (Å²) in [7, 11) is 0. The Balaban J connectivity index is 2.11. The quantitative estimate of drug-likeness (QED) is 0.672. The Bertz CT molecular complexity index is 491. The van der Waals surface area contributed by atoms with E-state index in [1.807, 2.05) is 12.1 Å². The van der Waals surface area contributed by atoms with E-state index in [-0.39, 0.29) is 0 Å². The molecule has 2 aromatic rings. The molecule has 0 aliphatic carbocycles. The van der Waals surface area contributed by atoms with Crippen molar-refractivity contribution in [2.24, 2.45) is 0 Å². The molecule has 0 fully saturated rings. The maximum absolute atomic E-state index is 5.88. The standard InChI is InChI=1S/C15H14BrCl/c1-11-3-2-4-12(9-11)10-15(16)13-5-7-14(17)8-6-13/h2-9,15H,10H2,1H3. The summed E-state index contributed by atoms with van der Waals surface area (Å²) in [6, 6.07) is 16.6. The Morgan fingerprint density at radius 1 is 1.12 bits per heavy atom. The number of aryl methyl sites for hydroxylation is 1. The Morgan fingerprint density at radius 2 is 1.82 bits per heavy atom. The summed E-state index contributed by atoms with van der Waals surface area (Å²) in [4.78, 5) is 0.335. The fraction of sp³-hybridized carbons (Fsp3) is 0.200. The third-order valence-corrected chi connectivity index (χ3v) is 3.83. The van der Waals surface area contributed by atoms with Crippen LogP contribution in [-0.2, 0) is 6.42 Å². The van der Waals surface area contributed by atoms with Gasteiger partial charge in [0, 0.05) is 9.85 Å². The van der Waals surface area contributed by atoms with E-state index < -0.39 is 0 Å². The van der Waals surface area contributed by atoms with E-state index in [0.29, 0.717) is 4.83 Å².